The maximum atomic E-state index is 6.63. The number of rotatable bonds is 5. The molecule has 0 N–H and O–H groups in total. The molecule has 7 aromatic carbocycles. The summed E-state index contributed by atoms with van der Waals surface area (Å²) in [5.41, 5.74) is 9.23. The molecule has 234 valence electrons. The highest BCUT2D eigenvalue weighted by atomic mass is 32.1. The SMILES string of the molecule is c1ccc(-c2nc(-c3ccccc3)nc(-c3cccc4c3sc3ccc(-c5ccc(-c6ccccc6)c6c5oc5ccccc56)cc34)n2)cc1. The molecule has 0 saturated heterocycles. The molecule has 4 nitrogen and oxygen atoms in total. The molecule has 0 aliphatic carbocycles. The van der Waals surface area contributed by atoms with Gasteiger partial charge in [0, 0.05) is 53.2 Å². The van der Waals surface area contributed by atoms with Crippen molar-refractivity contribution in [2.45, 2.75) is 0 Å². The van der Waals surface area contributed by atoms with E-state index < -0.39 is 0 Å². The third kappa shape index (κ3) is 4.71. The first-order valence-electron chi connectivity index (χ1n) is 16.6. The largest absolute Gasteiger partial charge is 0.455 e. The molecule has 0 radical (unpaired) electrons. The monoisotopic (exact) mass is 657 g/mol. The zero-order valence-electron chi connectivity index (χ0n) is 26.7. The summed E-state index contributed by atoms with van der Waals surface area (Å²) in [5, 5.41) is 4.63. The van der Waals surface area contributed by atoms with Crippen molar-refractivity contribution in [3.8, 4) is 56.4 Å². The summed E-state index contributed by atoms with van der Waals surface area (Å²) in [6.07, 6.45) is 0. The molecule has 0 fully saturated rings. The third-order valence-electron chi connectivity index (χ3n) is 9.36. The van der Waals surface area contributed by atoms with Crippen LogP contribution in [-0.4, -0.2) is 15.0 Å². The van der Waals surface area contributed by atoms with E-state index in [1.54, 1.807) is 11.3 Å². The van der Waals surface area contributed by atoms with E-state index >= 15 is 0 Å². The Morgan fingerprint density at radius 2 is 1.00 bits per heavy atom. The molecule has 3 aromatic heterocycles. The van der Waals surface area contributed by atoms with E-state index in [0.29, 0.717) is 17.5 Å². The highest BCUT2D eigenvalue weighted by Gasteiger charge is 2.20. The molecule has 0 spiro atoms. The van der Waals surface area contributed by atoms with Gasteiger partial charge in [0.25, 0.3) is 0 Å². The van der Waals surface area contributed by atoms with E-state index in [1.807, 2.05) is 66.7 Å². The number of benzene rings is 7. The standard InChI is InChI=1S/C45H27N3OS/c1-4-13-28(14-5-1)32-24-25-33(41-40(32)35-19-10-11-22-38(35)49-41)31-23-26-39-37(27-31)34-20-12-21-36(42(34)50-39)45-47-43(29-15-6-2-7-16-29)46-44(48-45)30-17-8-3-9-18-30/h1-27H. The molecular weight excluding hydrogens is 631 g/mol. The Morgan fingerprint density at radius 1 is 0.400 bits per heavy atom. The van der Waals surface area contributed by atoms with Gasteiger partial charge in [-0.2, -0.15) is 0 Å². The van der Waals surface area contributed by atoms with Crippen molar-refractivity contribution >= 4 is 53.4 Å². The van der Waals surface area contributed by atoms with Gasteiger partial charge >= 0.3 is 0 Å². The number of para-hydroxylation sites is 1. The minimum absolute atomic E-state index is 0.656. The van der Waals surface area contributed by atoms with Crippen LogP contribution < -0.4 is 0 Å². The van der Waals surface area contributed by atoms with Gasteiger partial charge in [-0.1, -0.05) is 133 Å². The molecule has 3 heterocycles. The summed E-state index contributed by atoms with van der Waals surface area (Å²) in [6.45, 7) is 0. The highest BCUT2D eigenvalue weighted by molar-refractivity contribution is 7.26. The van der Waals surface area contributed by atoms with Crippen LogP contribution in [0.4, 0.5) is 0 Å². The van der Waals surface area contributed by atoms with E-state index in [4.69, 9.17) is 19.4 Å². The van der Waals surface area contributed by atoms with Crippen LogP contribution in [0.25, 0.3) is 98.5 Å². The minimum atomic E-state index is 0.656. The molecule has 0 unspecified atom stereocenters. The second kappa shape index (κ2) is 11.6. The summed E-state index contributed by atoms with van der Waals surface area (Å²) in [6, 6.07) is 56.7. The van der Waals surface area contributed by atoms with Crippen molar-refractivity contribution in [3.63, 3.8) is 0 Å². The Kier molecular flexibility index (Phi) is 6.64. The Morgan fingerprint density at radius 3 is 1.72 bits per heavy atom. The lowest BCUT2D eigenvalue weighted by molar-refractivity contribution is 0.670. The molecule has 0 bridgehead atoms. The Balaban J connectivity index is 1.16. The predicted molar refractivity (Wildman–Crippen MR) is 207 cm³/mol. The average Bonchev–Trinajstić information content (AvgIpc) is 3.77. The van der Waals surface area contributed by atoms with Crippen LogP contribution in [0, 0.1) is 0 Å². The number of hydrogen-bond acceptors (Lipinski definition) is 5. The number of nitrogens with zero attached hydrogens (tertiary/aromatic N) is 3. The molecule has 0 amide bonds. The number of hydrogen-bond donors (Lipinski definition) is 0. The quantitative estimate of drug-likeness (QED) is 0.185. The first-order valence-corrected chi connectivity index (χ1v) is 17.4. The number of furan rings is 1. The van der Waals surface area contributed by atoms with E-state index in [1.165, 1.54) is 26.6 Å². The fraction of sp³-hybridized carbons (Fsp3) is 0. The summed E-state index contributed by atoms with van der Waals surface area (Å²) in [5.74, 6) is 1.97. The highest BCUT2D eigenvalue weighted by Crippen LogP contribution is 2.45. The predicted octanol–water partition coefficient (Wildman–Crippen LogP) is 12.5. The summed E-state index contributed by atoms with van der Waals surface area (Å²) in [4.78, 5) is 15.0. The number of thiophene rings is 1. The van der Waals surface area contributed by atoms with Gasteiger partial charge in [0.2, 0.25) is 0 Å². The Hall–Kier alpha value is -6.43. The van der Waals surface area contributed by atoms with Crippen LogP contribution in [0.2, 0.25) is 0 Å². The van der Waals surface area contributed by atoms with Gasteiger partial charge in [0.05, 0.1) is 0 Å². The molecule has 10 rings (SSSR count). The van der Waals surface area contributed by atoms with E-state index in [-0.39, 0.29) is 0 Å². The van der Waals surface area contributed by atoms with Crippen molar-refractivity contribution < 1.29 is 4.42 Å². The third-order valence-corrected chi connectivity index (χ3v) is 10.6. The lowest BCUT2D eigenvalue weighted by Crippen LogP contribution is -2.00. The van der Waals surface area contributed by atoms with Crippen LogP contribution >= 0.6 is 11.3 Å². The lowest BCUT2D eigenvalue weighted by atomic mass is 9.94. The normalized spacial score (nSPS) is 11.6. The Bertz CT molecular complexity index is 2800. The van der Waals surface area contributed by atoms with Gasteiger partial charge in [-0.3, -0.25) is 0 Å². The molecular formula is C45H27N3OS. The van der Waals surface area contributed by atoms with Gasteiger partial charge in [-0.25, -0.2) is 15.0 Å². The van der Waals surface area contributed by atoms with E-state index in [0.717, 1.165) is 54.5 Å². The van der Waals surface area contributed by atoms with Gasteiger partial charge in [-0.15, -0.1) is 11.3 Å². The van der Waals surface area contributed by atoms with Crippen molar-refractivity contribution in [1.82, 2.24) is 15.0 Å². The zero-order valence-corrected chi connectivity index (χ0v) is 27.6. The average molecular weight is 658 g/mol. The van der Waals surface area contributed by atoms with Crippen LogP contribution in [0.1, 0.15) is 0 Å². The molecule has 0 aliphatic rings. The van der Waals surface area contributed by atoms with Gasteiger partial charge in [-0.05, 0) is 47.0 Å². The van der Waals surface area contributed by atoms with Crippen molar-refractivity contribution in [2.24, 2.45) is 0 Å². The van der Waals surface area contributed by atoms with Gasteiger partial charge in [0.1, 0.15) is 11.2 Å². The fourth-order valence-corrected chi connectivity index (χ4v) is 8.18. The van der Waals surface area contributed by atoms with Crippen LogP contribution in [0.5, 0.6) is 0 Å². The maximum Gasteiger partial charge on any atom is 0.165 e. The molecule has 10 aromatic rings. The number of fused-ring (bicyclic) bond motifs is 6. The van der Waals surface area contributed by atoms with Crippen LogP contribution in [0.3, 0.4) is 0 Å². The van der Waals surface area contributed by atoms with Crippen molar-refractivity contribution in [3.05, 3.63) is 164 Å². The van der Waals surface area contributed by atoms with Crippen LogP contribution in [-0.2, 0) is 0 Å². The summed E-state index contributed by atoms with van der Waals surface area (Å²) >= 11 is 1.77. The maximum absolute atomic E-state index is 6.63. The zero-order chi connectivity index (χ0) is 33.0. The van der Waals surface area contributed by atoms with E-state index in [2.05, 4.69) is 97.1 Å². The summed E-state index contributed by atoms with van der Waals surface area (Å²) < 4.78 is 8.99. The second-order valence-electron chi connectivity index (χ2n) is 12.4. The smallest absolute Gasteiger partial charge is 0.165 e. The lowest BCUT2D eigenvalue weighted by Gasteiger charge is -2.09. The van der Waals surface area contributed by atoms with Gasteiger partial charge in [0.15, 0.2) is 17.5 Å². The number of aromatic nitrogens is 3. The Labute approximate surface area is 292 Å². The van der Waals surface area contributed by atoms with Gasteiger partial charge < -0.3 is 4.42 Å². The van der Waals surface area contributed by atoms with E-state index in [9.17, 15) is 0 Å². The molecule has 50 heavy (non-hydrogen) atoms. The van der Waals surface area contributed by atoms with Crippen molar-refractivity contribution in [1.29, 1.82) is 0 Å². The first-order chi connectivity index (χ1) is 24.8. The molecule has 5 heteroatoms. The van der Waals surface area contributed by atoms with Crippen LogP contribution in [0.15, 0.2) is 168 Å². The minimum Gasteiger partial charge on any atom is -0.455 e. The first kappa shape index (κ1) is 28.6. The second-order valence-corrected chi connectivity index (χ2v) is 13.4. The summed E-state index contributed by atoms with van der Waals surface area (Å²) in [7, 11) is 0. The molecule has 0 saturated carbocycles. The topological polar surface area (TPSA) is 51.8 Å². The molecule has 0 aliphatic heterocycles. The molecule has 0 atom stereocenters. The fourth-order valence-electron chi connectivity index (χ4n) is 6.98. The van der Waals surface area contributed by atoms with Crippen molar-refractivity contribution in [2.75, 3.05) is 0 Å².